The van der Waals surface area contributed by atoms with Crippen molar-refractivity contribution in [2.24, 2.45) is 5.10 Å². The van der Waals surface area contributed by atoms with Gasteiger partial charge in [0, 0.05) is 19.0 Å². The predicted octanol–water partition coefficient (Wildman–Crippen LogP) is 3.45. The van der Waals surface area contributed by atoms with Crippen LogP contribution in [0.5, 0.6) is 0 Å². The van der Waals surface area contributed by atoms with E-state index in [0.29, 0.717) is 12.1 Å². The number of amides is 1. The van der Waals surface area contributed by atoms with E-state index in [2.05, 4.69) is 15.9 Å². The van der Waals surface area contributed by atoms with Crippen molar-refractivity contribution in [1.82, 2.24) is 5.01 Å². The van der Waals surface area contributed by atoms with Crippen LogP contribution < -0.4 is 4.72 Å². The highest BCUT2D eigenvalue weighted by molar-refractivity contribution is 7.92. The van der Waals surface area contributed by atoms with Gasteiger partial charge < -0.3 is 0 Å². The van der Waals surface area contributed by atoms with E-state index in [1.54, 1.807) is 19.1 Å². The SMILES string of the molecule is CCS(=O)(=O)Nc1ccc(C2=NN(C(C)=O)[C@@H](c3cccc(C)c3)C2)cc1. The highest BCUT2D eigenvalue weighted by Gasteiger charge is 2.31. The molecule has 1 aliphatic rings. The molecule has 1 atom stereocenters. The van der Waals surface area contributed by atoms with Crippen LogP contribution in [0.15, 0.2) is 53.6 Å². The normalized spacial score (nSPS) is 16.9. The molecule has 27 heavy (non-hydrogen) atoms. The van der Waals surface area contributed by atoms with E-state index in [4.69, 9.17) is 0 Å². The van der Waals surface area contributed by atoms with Crippen molar-refractivity contribution in [3.63, 3.8) is 0 Å². The molecule has 0 saturated carbocycles. The number of hydrazone groups is 1. The molecule has 0 radical (unpaired) electrons. The molecule has 1 amide bonds. The van der Waals surface area contributed by atoms with E-state index in [1.165, 1.54) is 11.9 Å². The molecular weight excluding hydrogens is 362 g/mol. The molecule has 0 unspecified atom stereocenters. The lowest BCUT2D eigenvalue weighted by Gasteiger charge is -2.20. The summed E-state index contributed by atoms with van der Waals surface area (Å²) < 4.78 is 25.9. The summed E-state index contributed by atoms with van der Waals surface area (Å²) in [5.41, 5.74) is 4.38. The summed E-state index contributed by atoms with van der Waals surface area (Å²) in [6, 6.07) is 15.0. The number of aryl methyl sites for hydroxylation is 1. The Balaban J connectivity index is 1.84. The van der Waals surface area contributed by atoms with Crippen molar-refractivity contribution in [3.05, 3.63) is 65.2 Å². The lowest BCUT2D eigenvalue weighted by atomic mass is 9.97. The molecule has 0 bridgehead atoms. The molecule has 6 nitrogen and oxygen atoms in total. The Morgan fingerprint density at radius 3 is 2.52 bits per heavy atom. The number of rotatable bonds is 5. The maximum atomic E-state index is 12.1. The molecule has 142 valence electrons. The Kier molecular flexibility index (Phi) is 5.32. The number of hydrogen-bond acceptors (Lipinski definition) is 4. The minimum absolute atomic E-state index is 0.0210. The van der Waals surface area contributed by atoms with Gasteiger partial charge in [-0.2, -0.15) is 5.10 Å². The molecule has 0 spiro atoms. The Hall–Kier alpha value is -2.67. The second kappa shape index (κ2) is 7.52. The predicted molar refractivity (Wildman–Crippen MR) is 107 cm³/mol. The Morgan fingerprint density at radius 1 is 1.22 bits per heavy atom. The minimum Gasteiger partial charge on any atom is -0.284 e. The number of anilines is 1. The summed E-state index contributed by atoms with van der Waals surface area (Å²) in [6.07, 6.45) is 0.614. The molecule has 0 aromatic heterocycles. The van der Waals surface area contributed by atoms with Gasteiger partial charge in [0.25, 0.3) is 0 Å². The Morgan fingerprint density at radius 2 is 1.93 bits per heavy atom. The van der Waals surface area contributed by atoms with E-state index in [0.717, 1.165) is 22.4 Å². The summed E-state index contributed by atoms with van der Waals surface area (Å²) in [7, 11) is -3.31. The molecule has 0 saturated heterocycles. The summed E-state index contributed by atoms with van der Waals surface area (Å²) in [5.74, 6) is -0.0865. The first-order valence-electron chi connectivity index (χ1n) is 8.84. The van der Waals surface area contributed by atoms with Gasteiger partial charge in [-0.25, -0.2) is 13.4 Å². The fraction of sp³-hybridized carbons (Fsp3) is 0.300. The number of sulfonamides is 1. The van der Waals surface area contributed by atoms with Crippen LogP contribution in [0.1, 0.15) is 43.0 Å². The first kappa shape index (κ1) is 19.1. The van der Waals surface area contributed by atoms with Crippen molar-refractivity contribution >= 4 is 27.3 Å². The number of nitrogens with zero attached hydrogens (tertiary/aromatic N) is 2. The average Bonchev–Trinajstić information content (AvgIpc) is 3.08. The molecular formula is C20H23N3O3S. The molecule has 2 aromatic carbocycles. The van der Waals surface area contributed by atoms with E-state index in [1.807, 2.05) is 37.3 Å². The van der Waals surface area contributed by atoms with Crippen molar-refractivity contribution in [3.8, 4) is 0 Å². The first-order chi connectivity index (χ1) is 12.8. The number of benzene rings is 2. The van der Waals surface area contributed by atoms with E-state index in [9.17, 15) is 13.2 Å². The van der Waals surface area contributed by atoms with Crippen LogP contribution in [0.25, 0.3) is 0 Å². The van der Waals surface area contributed by atoms with Crippen LogP contribution in [-0.2, 0) is 14.8 Å². The van der Waals surface area contributed by atoms with Crippen molar-refractivity contribution in [2.75, 3.05) is 10.5 Å². The van der Waals surface area contributed by atoms with Crippen LogP contribution in [-0.4, -0.2) is 30.8 Å². The topological polar surface area (TPSA) is 78.8 Å². The van der Waals surface area contributed by atoms with Crippen molar-refractivity contribution < 1.29 is 13.2 Å². The third-order valence-electron chi connectivity index (χ3n) is 4.53. The molecule has 7 heteroatoms. The van der Waals surface area contributed by atoms with Gasteiger partial charge in [-0.1, -0.05) is 42.0 Å². The van der Waals surface area contributed by atoms with E-state index in [-0.39, 0.29) is 17.7 Å². The zero-order chi connectivity index (χ0) is 19.6. The molecule has 1 N–H and O–H groups in total. The monoisotopic (exact) mass is 385 g/mol. The van der Waals surface area contributed by atoms with Gasteiger partial charge in [0.2, 0.25) is 15.9 Å². The third kappa shape index (κ3) is 4.36. The first-order valence-corrected chi connectivity index (χ1v) is 10.5. The Labute approximate surface area is 159 Å². The second-order valence-electron chi connectivity index (χ2n) is 6.63. The fourth-order valence-electron chi connectivity index (χ4n) is 3.09. The van der Waals surface area contributed by atoms with Crippen molar-refractivity contribution in [2.45, 2.75) is 33.2 Å². The molecule has 1 heterocycles. The van der Waals surface area contributed by atoms with Crippen molar-refractivity contribution in [1.29, 1.82) is 0 Å². The number of carbonyl (C=O) groups is 1. The zero-order valence-corrected chi connectivity index (χ0v) is 16.5. The number of nitrogens with one attached hydrogen (secondary N) is 1. The summed E-state index contributed by atoms with van der Waals surface area (Å²) in [4.78, 5) is 12.1. The van der Waals surface area contributed by atoms with Gasteiger partial charge in [0.15, 0.2) is 0 Å². The van der Waals surface area contributed by atoms with Gasteiger partial charge in [0.1, 0.15) is 0 Å². The maximum Gasteiger partial charge on any atom is 0.240 e. The lowest BCUT2D eigenvalue weighted by Crippen LogP contribution is -2.24. The number of carbonyl (C=O) groups excluding carboxylic acids is 1. The molecule has 2 aromatic rings. The highest BCUT2D eigenvalue weighted by Crippen LogP contribution is 2.33. The summed E-state index contributed by atoms with van der Waals surface area (Å²) in [6.45, 7) is 5.12. The Bertz CT molecular complexity index is 982. The minimum atomic E-state index is -3.31. The molecule has 0 fully saturated rings. The van der Waals surface area contributed by atoms with Gasteiger partial charge in [0.05, 0.1) is 17.5 Å². The second-order valence-corrected chi connectivity index (χ2v) is 8.64. The average molecular weight is 385 g/mol. The molecule has 1 aliphatic heterocycles. The fourth-order valence-corrected chi connectivity index (χ4v) is 3.73. The lowest BCUT2D eigenvalue weighted by molar-refractivity contribution is -0.130. The quantitative estimate of drug-likeness (QED) is 0.856. The maximum absolute atomic E-state index is 12.1. The summed E-state index contributed by atoms with van der Waals surface area (Å²) in [5, 5.41) is 6.05. The van der Waals surface area contributed by atoms with Gasteiger partial charge in [-0.3, -0.25) is 9.52 Å². The standard InChI is InChI=1S/C20H23N3O3S/c1-4-27(25,26)22-18-10-8-16(9-11-18)19-13-20(23(21-19)15(3)24)17-7-5-6-14(2)12-17/h5-12,20,22H,4,13H2,1-3H3/t20-/m1/s1. The van der Waals surface area contributed by atoms with Crippen LogP contribution in [0, 0.1) is 6.92 Å². The van der Waals surface area contributed by atoms with Crippen LogP contribution in [0.4, 0.5) is 5.69 Å². The van der Waals surface area contributed by atoms with Crippen LogP contribution >= 0.6 is 0 Å². The smallest absolute Gasteiger partial charge is 0.240 e. The van der Waals surface area contributed by atoms with Gasteiger partial charge >= 0.3 is 0 Å². The largest absolute Gasteiger partial charge is 0.284 e. The van der Waals surface area contributed by atoms with E-state index < -0.39 is 10.0 Å². The molecule has 3 rings (SSSR count). The van der Waals surface area contributed by atoms with E-state index >= 15 is 0 Å². The van der Waals surface area contributed by atoms with Gasteiger partial charge in [-0.05, 0) is 37.1 Å². The zero-order valence-electron chi connectivity index (χ0n) is 15.6. The highest BCUT2D eigenvalue weighted by atomic mass is 32.2. The molecule has 0 aliphatic carbocycles. The number of hydrogen-bond donors (Lipinski definition) is 1. The van der Waals surface area contributed by atoms with Gasteiger partial charge in [-0.15, -0.1) is 0 Å². The third-order valence-corrected chi connectivity index (χ3v) is 5.84. The summed E-state index contributed by atoms with van der Waals surface area (Å²) >= 11 is 0. The van der Waals surface area contributed by atoms with Crippen LogP contribution in [0.3, 0.4) is 0 Å². The van der Waals surface area contributed by atoms with Crippen LogP contribution in [0.2, 0.25) is 0 Å².